The molecule has 1 amide bonds. The maximum atomic E-state index is 12.9. The first-order valence-corrected chi connectivity index (χ1v) is 4.96. The smallest absolute Gasteiger partial charge is 0.236 e. The van der Waals surface area contributed by atoms with Gasteiger partial charge in [0.2, 0.25) is 5.91 Å². The molecule has 3 nitrogen and oxygen atoms in total. The molecule has 2 rings (SSSR count). The molecule has 80 valence electrons. The summed E-state index contributed by atoms with van der Waals surface area (Å²) in [6.07, 6.45) is 0.707. The minimum Gasteiger partial charge on any atom is -0.337 e. The molecule has 1 aliphatic rings. The maximum absolute atomic E-state index is 12.9. The van der Waals surface area contributed by atoms with Gasteiger partial charge < -0.3 is 10.6 Å². The van der Waals surface area contributed by atoms with E-state index >= 15 is 0 Å². The highest BCUT2D eigenvalue weighted by atomic mass is 19.1. The van der Waals surface area contributed by atoms with E-state index in [-0.39, 0.29) is 18.3 Å². The largest absolute Gasteiger partial charge is 0.337 e. The normalized spacial score (nSPS) is 14.9. The van der Waals surface area contributed by atoms with Crippen molar-refractivity contribution in [1.82, 2.24) is 4.90 Å². The molecule has 1 aromatic carbocycles. The fourth-order valence-electron chi connectivity index (χ4n) is 1.86. The van der Waals surface area contributed by atoms with Gasteiger partial charge in [0.25, 0.3) is 0 Å². The first-order valence-electron chi connectivity index (χ1n) is 4.96. The van der Waals surface area contributed by atoms with Crippen LogP contribution in [0.5, 0.6) is 0 Å². The first-order chi connectivity index (χ1) is 7.20. The lowest BCUT2D eigenvalue weighted by atomic mass is 9.99. The van der Waals surface area contributed by atoms with Gasteiger partial charge in [-0.15, -0.1) is 0 Å². The van der Waals surface area contributed by atoms with Crippen LogP contribution in [0, 0.1) is 5.82 Å². The molecule has 0 saturated heterocycles. The summed E-state index contributed by atoms with van der Waals surface area (Å²) >= 11 is 0. The van der Waals surface area contributed by atoms with Crippen molar-refractivity contribution in [2.24, 2.45) is 5.73 Å². The van der Waals surface area contributed by atoms with Gasteiger partial charge in [0.15, 0.2) is 0 Å². The number of rotatable bonds is 1. The molecule has 0 bridgehead atoms. The second-order valence-corrected chi connectivity index (χ2v) is 3.68. The number of halogens is 1. The molecular weight excluding hydrogens is 195 g/mol. The number of nitrogens with two attached hydrogens (primary N) is 1. The van der Waals surface area contributed by atoms with Crippen LogP contribution < -0.4 is 5.73 Å². The molecule has 0 atom stereocenters. The Bertz CT molecular complexity index is 392. The van der Waals surface area contributed by atoms with E-state index in [0.717, 1.165) is 11.1 Å². The Morgan fingerprint density at radius 3 is 3.00 bits per heavy atom. The van der Waals surface area contributed by atoms with E-state index in [1.807, 2.05) is 0 Å². The van der Waals surface area contributed by atoms with Crippen LogP contribution in [-0.4, -0.2) is 23.9 Å². The molecule has 1 aromatic rings. The van der Waals surface area contributed by atoms with Crippen LogP contribution in [0.4, 0.5) is 4.39 Å². The van der Waals surface area contributed by atoms with Gasteiger partial charge in [-0.05, 0) is 29.7 Å². The number of hydrogen-bond donors (Lipinski definition) is 1. The Kier molecular flexibility index (Phi) is 2.68. The Balaban J connectivity index is 2.20. The van der Waals surface area contributed by atoms with Crippen molar-refractivity contribution in [3.05, 3.63) is 35.1 Å². The number of fused-ring (bicyclic) bond motifs is 1. The maximum Gasteiger partial charge on any atom is 0.236 e. The zero-order chi connectivity index (χ0) is 10.8. The summed E-state index contributed by atoms with van der Waals surface area (Å²) in [5.41, 5.74) is 7.31. The van der Waals surface area contributed by atoms with Gasteiger partial charge in [0.1, 0.15) is 5.82 Å². The van der Waals surface area contributed by atoms with E-state index in [1.165, 1.54) is 6.07 Å². The van der Waals surface area contributed by atoms with E-state index < -0.39 is 0 Å². The van der Waals surface area contributed by atoms with Crippen LogP contribution in [0.15, 0.2) is 18.2 Å². The number of carbonyl (C=O) groups excluding carboxylic acids is 1. The van der Waals surface area contributed by atoms with Crippen molar-refractivity contribution in [2.75, 3.05) is 13.1 Å². The second-order valence-electron chi connectivity index (χ2n) is 3.68. The van der Waals surface area contributed by atoms with Gasteiger partial charge in [-0.1, -0.05) is 6.07 Å². The summed E-state index contributed by atoms with van der Waals surface area (Å²) < 4.78 is 12.9. The lowest BCUT2D eigenvalue weighted by Gasteiger charge is -2.28. The summed E-state index contributed by atoms with van der Waals surface area (Å²) in [4.78, 5) is 13.1. The van der Waals surface area contributed by atoms with Gasteiger partial charge in [0, 0.05) is 13.1 Å². The predicted molar refractivity (Wildman–Crippen MR) is 54.6 cm³/mol. The molecule has 0 aromatic heterocycles. The fraction of sp³-hybridized carbons (Fsp3) is 0.364. The molecule has 1 aliphatic heterocycles. The van der Waals surface area contributed by atoms with Gasteiger partial charge in [-0.2, -0.15) is 0 Å². The zero-order valence-electron chi connectivity index (χ0n) is 8.37. The van der Waals surface area contributed by atoms with Gasteiger partial charge >= 0.3 is 0 Å². The summed E-state index contributed by atoms with van der Waals surface area (Å²) in [6.45, 7) is 1.22. The zero-order valence-corrected chi connectivity index (χ0v) is 8.37. The third kappa shape index (κ3) is 1.99. The van der Waals surface area contributed by atoms with Gasteiger partial charge in [0.05, 0.1) is 6.54 Å². The highest BCUT2D eigenvalue weighted by molar-refractivity contribution is 5.78. The van der Waals surface area contributed by atoms with E-state index in [0.29, 0.717) is 19.5 Å². The second kappa shape index (κ2) is 3.98. The summed E-state index contributed by atoms with van der Waals surface area (Å²) in [5, 5.41) is 0. The molecule has 0 saturated carbocycles. The quantitative estimate of drug-likeness (QED) is 0.737. The molecule has 0 unspecified atom stereocenters. The lowest BCUT2D eigenvalue weighted by molar-refractivity contribution is -0.130. The van der Waals surface area contributed by atoms with Crippen molar-refractivity contribution in [3.63, 3.8) is 0 Å². The molecule has 15 heavy (non-hydrogen) atoms. The Morgan fingerprint density at radius 1 is 1.47 bits per heavy atom. The van der Waals surface area contributed by atoms with Gasteiger partial charge in [-0.3, -0.25) is 4.79 Å². The van der Waals surface area contributed by atoms with Gasteiger partial charge in [-0.25, -0.2) is 4.39 Å². The lowest BCUT2D eigenvalue weighted by Crippen LogP contribution is -2.39. The highest BCUT2D eigenvalue weighted by Crippen LogP contribution is 2.19. The topological polar surface area (TPSA) is 46.3 Å². The van der Waals surface area contributed by atoms with Crippen LogP contribution in [-0.2, 0) is 17.8 Å². The number of amides is 1. The Hall–Kier alpha value is -1.42. The van der Waals surface area contributed by atoms with Crippen LogP contribution >= 0.6 is 0 Å². The third-order valence-corrected chi connectivity index (χ3v) is 2.71. The fourth-order valence-corrected chi connectivity index (χ4v) is 1.86. The minimum atomic E-state index is -0.215. The minimum absolute atomic E-state index is 0.0382. The Morgan fingerprint density at radius 2 is 2.27 bits per heavy atom. The molecule has 0 aliphatic carbocycles. The first kappa shape index (κ1) is 10.1. The van der Waals surface area contributed by atoms with E-state index in [1.54, 1.807) is 17.0 Å². The summed E-state index contributed by atoms with van der Waals surface area (Å²) in [7, 11) is 0. The number of benzene rings is 1. The predicted octanol–water partition coefficient (Wildman–Crippen LogP) is 0.669. The molecule has 4 heteroatoms. The summed E-state index contributed by atoms with van der Waals surface area (Å²) in [6, 6.07) is 4.70. The van der Waals surface area contributed by atoms with Crippen LogP contribution in [0.25, 0.3) is 0 Å². The third-order valence-electron chi connectivity index (χ3n) is 2.71. The van der Waals surface area contributed by atoms with E-state index in [2.05, 4.69) is 0 Å². The molecular formula is C11H13FN2O. The monoisotopic (exact) mass is 208 g/mol. The van der Waals surface area contributed by atoms with Crippen molar-refractivity contribution in [3.8, 4) is 0 Å². The standard InChI is InChI=1S/C11H13FN2O/c12-10-2-1-9-7-14(11(15)6-13)4-3-8(9)5-10/h1-2,5H,3-4,6-7,13H2. The van der Waals surface area contributed by atoms with Crippen molar-refractivity contribution >= 4 is 5.91 Å². The average molecular weight is 208 g/mol. The van der Waals surface area contributed by atoms with E-state index in [9.17, 15) is 9.18 Å². The number of hydrogen-bond acceptors (Lipinski definition) is 2. The molecule has 2 N–H and O–H groups in total. The van der Waals surface area contributed by atoms with Crippen LogP contribution in [0.3, 0.4) is 0 Å². The molecule has 0 spiro atoms. The van der Waals surface area contributed by atoms with Crippen LogP contribution in [0.2, 0.25) is 0 Å². The number of carbonyl (C=O) groups is 1. The van der Waals surface area contributed by atoms with Crippen molar-refractivity contribution in [2.45, 2.75) is 13.0 Å². The number of nitrogens with zero attached hydrogens (tertiary/aromatic N) is 1. The van der Waals surface area contributed by atoms with E-state index in [4.69, 9.17) is 5.73 Å². The van der Waals surface area contributed by atoms with Crippen molar-refractivity contribution < 1.29 is 9.18 Å². The van der Waals surface area contributed by atoms with Crippen LogP contribution in [0.1, 0.15) is 11.1 Å². The molecule has 1 heterocycles. The molecule has 0 radical (unpaired) electrons. The summed E-state index contributed by atoms with van der Waals surface area (Å²) in [5.74, 6) is -0.266. The average Bonchev–Trinajstić information content (AvgIpc) is 2.27. The van der Waals surface area contributed by atoms with Crippen molar-refractivity contribution in [1.29, 1.82) is 0 Å². The molecule has 0 fully saturated rings. The highest BCUT2D eigenvalue weighted by Gasteiger charge is 2.19. The Labute approximate surface area is 87.7 Å². The SMILES string of the molecule is NCC(=O)N1CCc2cc(F)ccc2C1.